The van der Waals surface area contributed by atoms with Crippen molar-refractivity contribution in [1.82, 2.24) is 9.97 Å². The summed E-state index contributed by atoms with van der Waals surface area (Å²) >= 11 is 3.74. The molecule has 10 aromatic rings. The molecule has 0 N–H and O–H groups in total. The van der Waals surface area contributed by atoms with Gasteiger partial charge in [0.05, 0.1) is 5.69 Å². The van der Waals surface area contributed by atoms with Gasteiger partial charge in [0, 0.05) is 48.6 Å². The van der Waals surface area contributed by atoms with Crippen LogP contribution in [0, 0.1) is 0 Å². The molecule has 54 heavy (non-hydrogen) atoms. The zero-order valence-corrected chi connectivity index (χ0v) is 30.3. The molecule has 8 aromatic carbocycles. The van der Waals surface area contributed by atoms with Crippen LogP contribution in [0.3, 0.4) is 0 Å². The summed E-state index contributed by atoms with van der Waals surface area (Å²) in [6, 6.07) is 55.0. The lowest BCUT2D eigenvalue weighted by atomic mass is 9.96. The SMILES string of the molecule is c1ccc2c(c1)Cc1c(cccc1-c1nc(N3c4ccccc4SC34c3cccc5ccc6cccc4c6c35)nc3c1oc1c4ccccc4ccc31)S2. The molecule has 0 amide bonds. The first kappa shape index (κ1) is 29.4. The predicted octanol–water partition coefficient (Wildman–Crippen LogP) is 13.0. The zero-order valence-electron chi connectivity index (χ0n) is 28.7. The Hall–Kier alpha value is -6.08. The average molecular weight is 726 g/mol. The number of aromatic nitrogens is 2. The molecule has 0 saturated heterocycles. The quantitative estimate of drug-likeness (QED) is 0.165. The third-order valence-corrected chi connectivity index (χ3v) is 14.3. The van der Waals surface area contributed by atoms with Crippen LogP contribution in [0.15, 0.2) is 171 Å². The van der Waals surface area contributed by atoms with Crippen molar-refractivity contribution in [2.24, 2.45) is 0 Å². The molecule has 0 bridgehead atoms. The molecule has 1 aliphatic carbocycles. The summed E-state index contributed by atoms with van der Waals surface area (Å²) in [6.07, 6.45) is 0.824. The van der Waals surface area contributed by atoms with Gasteiger partial charge in [0.2, 0.25) is 5.95 Å². The largest absolute Gasteiger partial charge is 0.451 e. The van der Waals surface area contributed by atoms with E-state index < -0.39 is 4.87 Å². The molecule has 3 aliphatic rings. The van der Waals surface area contributed by atoms with Gasteiger partial charge in [0.25, 0.3) is 0 Å². The molecule has 13 rings (SSSR count). The van der Waals surface area contributed by atoms with Gasteiger partial charge in [0.1, 0.15) is 16.8 Å². The molecule has 252 valence electrons. The summed E-state index contributed by atoms with van der Waals surface area (Å²) in [5, 5.41) is 8.32. The van der Waals surface area contributed by atoms with Crippen molar-refractivity contribution in [2.75, 3.05) is 4.90 Å². The Morgan fingerprint density at radius 1 is 0.556 bits per heavy atom. The van der Waals surface area contributed by atoms with Gasteiger partial charge < -0.3 is 4.42 Å². The molecular formula is C48H27N3OS2. The molecule has 0 unspecified atom stereocenters. The van der Waals surface area contributed by atoms with Crippen LogP contribution in [-0.4, -0.2) is 9.97 Å². The van der Waals surface area contributed by atoms with E-state index in [0.717, 1.165) is 56.2 Å². The van der Waals surface area contributed by atoms with Gasteiger partial charge in [-0.15, -0.1) is 0 Å². The Morgan fingerprint density at radius 2 is 1.24 bits per heavy atom. The van der Waals surface area contributed by atoms with Crippen molar-refractivity contribution in [3.05, 3.63) is 174 Å². The van der Waals surface area contributed by atoms with E-state index in [9.17, 15) is 0 Å². The van der Waals surface area contributed by atoms with Gasteiger partial charge in [-0.3, -0.25) is 4.90 Å². The zero-order chi connectivity index (χ0) is 35.1. The molecule has 0 fully saturated rings. The van der Waals surface area contributed by atoms with E-state index in [1.54, 1.807) is 0 Å². The van der Waals surface area contributed by atoms with Crippen LogP contribution >= 0.6 is 23.5 Å². The van der Waals surface area contributed by atoms with Crippen molar-refractivity contribution in [1.29, 1.82) is 0 Å². The Bertz CT molecular complexity index is 3230. The fraction of sp³-hybridized carbons (Fsp3) is 0.0417. The molecule has 0 saturated carbocycles. The van der Waals surface area contributed by atoms with Crippen LogP contribution in [0.1, 0.15) is 22.3 Å². The molecule has 0 radical (unpaired) electrons. The van der Waals surface area contributed by atoms with Crippen LogP contribution in [-0.2, 0) is 11.3 Å². The van der Waals surface area contributed by atoms with E-state index in [4.69, 9.17) is 14.4 Å². The minimum atomic E-state index is -0.617. The smallest absolute Gasteiger partial charge is 0.233 e. The van der Waals surface area contributed by atoms with Crippen molar-refractivity contribution < 1.29 is 4.42 Å². The van der Waals surface area contributed by atoms with Gasteiger partial charge >= 0.3 is 0 Å². The molecule has 6 heteroatoms. The van der Waals surface area contributed by atoms with E-state index in [1.165, 1.54) is 58.5 Å². The Labute approximate surface area is 318 Å². The van der Waals surface area contributed by atoms with E-state index in [1.807, 2.05) is 23.5 Å². The number of hydrogen-bond acceptors (Lipinski definition) is 6. The summed E-state index contributed by atoms with van der Waals surface area (Å²) in [4.78, 5) is 16.9. The minimum Gasteiger partial charge on any atom is -0.451 e. The van der Waals surface area contributed by atoms with Crippen LogP contribution in [0.5, 0.6) is 0 Å². The highest BCUT2D eigenvalue weighted by Crippen LogP contribution is 2.66. The summed E-state index contributed by atoms with van der Waals surface area (Å²) in [5.41, 5.74) is 10.5. The molecule has 1 spiro atoms. The number of fused-ring (bicyclic) bond motifs is 10. The van der Waals surface area contributed by atoms with Crippen molar-refractivity contribution in [3.8, 4) is 11.3 Å². The summed E-state index contributed by atoms with van der Waals surface area (Å²) in [7, 11) is 0. The fourth-order valence-electron chi connectivity index (χ4n) is 9.33. The maximum atomic E-state index is 7.00. The molecule has 4 nitrogen and oxygen atoms in total. The van der Waals surface area contributed by atoms with E-state index in [2.05, 4.69) is 157 Å². The van der Waals surface area contributed by atoms with E-state index in [0.29, 0.717) is 5.95 Å². The minimum absolute atomic E-state index is 0.617. The third-order valence-electron chi connectivity index (χ3n) is 11.6. The summed E-state index contributed by atoms with van der Waals surface area (Å²) in [6.45, 7) is 0. The van der Waals surface area contributed by atoms with Gasteiger partial charge in [-0.1, -0.05) is 145 Å². The monoisotopic (exact) mass is 725 g/mol. The molecule has 2 aromatic heterocycles. The number of benzene rings is 8. The normalized spacial score (nSPS) is 14.9. The Kier molecular flexibility index (Phi) is 5.73. The van der Waals surface area contributed by atoms with Crippen LogP contribution in [0.2, 0.25) is 0 Å². The van der Waals surface area contributed by atoms with Crippen LogP contribution < -0.4 is 4.90 Å². The third kappa shape index (κ3) is 3.72. The highest BCUT2D eigenvalue weighted by molar-refractivity contribution is 8.01. The number of rotatable bonds is 2. The maximum absolute atomic E-state index is 7.00. The first-order chi connectivity index (χ1) is 26.7. The second kappa shape index (κ2) is 10.5. The lowest BCUT2D eigenvalue weighted by Gasteiger charge is -2.37. The lowest BCUT2D eigenvalue weighted by molar-refractivity contribution is 0.669. The average Bonchev–Trinajstić information content (AvgIpc) is 3.87. The molecule has 2 aliphatic heterocycles. The number of thioether (sulfide) groups is 1. The fourth-order valence-corrected chi connectivity index (χ4v) is 12.0. The number of furan rings is 1. The van der Waals surface area contributed by atoms with Crippen molar-refractivity contribution in [2.45, 2.75) is 26.0 Å². The lowest BCUT2D eigenvalue weighted by Crippen LogP contribution is -2.38. The molecular weight excluding hydrogens is 699 g/mol. The summed E-state index contributed by atoms with van der Waals surface area (Å²) < 4.78 is 7.00. The molecule has 4 heterocycles. The standard InChI is InChI=1S/C48H27N3OS2/c1-3-14-31-27(10-1)24-25-33-44-46(52-45(31)33)43(32-15-9-21-39-34(32)26-30-11-2-5-19-38(30)53-39)49-47(50-44)51-37-18-4-6-20-40(37)54-48(51)35-16-7-12-28-22-23-29-13-8-17-36(48)42(29)41(28)35/h1-25H,26H2. The Morgan fingerprint density at radius 3 is 2.09 bits per heavy atom. The second-order valence-corrected chi connectivity index (χ2v) is 16.7. The first-order valence-corrected chi connectivity index (χ1v) is 19.9. The van der Waals surface area contributed by atoms with E-state index >= 15 is 0 Å². The first-order valence-electron chi connectivity index (χ1n) is 18.3. The summed E-state index contributed by atoms with van der Waals surface area (Å²) in [5.74, 6) is 0.661. The van der Waals surface area contributed by atoms with E-state index in [-0.39, 0.29) is 0 Å². The highest BCUT2D eigenvalue weighted by atomic mass is 32.2. The van der Waals surface area contributed by atoms with Gasteiger partial charge in [-0.25, -0.2) is 9.97 Å². The number of nitrogens with zero attached hydrogens (tertiary/aromatic N) is 3. The highest BCUT2D eigenvalue weighted by Gasteiger charge is 2.54. The second-order valence-electron chi connectivity index (χ2n) is 14.4. The molecule has 0 atom stereocenters. The number of anilines is 2. The van der Waals surface area contributed by atoms with Crippen LogP contribution in [0.4, 0.5) is 11.6 Å². The predicted molar refractivity (Wildman–Crippen MR) is 222 cm³/mol. The van der Waals surface area contributed by atoms with Gasteiger partial charge in [-0.05, 0) is 68.4 Å². The number of para-hydroxylation sites is 1. The van der Waals surface area contributed by atoms with Gasteiger partial charge in [0.15, 0.2) is 10.5 Å². The van der Waals surface area contributed by atoms with Crippen LogP contribution in [0.25, 0.3) is 65.6 Å². The van der Waals surface area contributed by atoms with Crippen molar-refractivity contribution >= 4 is 89.5 Å². The number of hydrogen-bond donors (Lipinski definition) is 0. The van der Waals surface area contributed by atoms with Crippen molar-refractivity contribution in [3.63, 3.8) is 0 Å². The van der Waals surface area contributed by atoms with Gasteiger partial charge in [-0.2, -0.15) is 0 Å². The Balaban J connectivity index is 1.15. The maximum Gasteiger partial charge on any atom is 0.233 e. The topological polar surface area (TPSA) is 42.2 Å².